The number of halogens is 1. The number of hydrogen-bond donors (Lipinski definition) is 1. The first-order valence-electron chi connectivity index (χ1n) is 6.15. The van der Waals surface area contributed by atoms with Crippen LogP contribution in [0.2, 0.25) is 0 Å². The maximum atomic E-state index is 13.9. The molecule has 1 nitrogen and oxygen atoms in total. The van der Waals surface area contributed by atoms with Crippen molar-refractivity contribution in [2.75, 3.05) is 0 Å². The SMILES string of the molecule is CCc1ccc(C(O)c2cccc(C)c2F)cc1. The number of rotatable bonds is 3. The highest BCUT2D eigenvalue weighted by Gasteiger charge is 2.15. The third-order valence-corrected chi connectivity index (χ3v) is 3.22. The molecule has 2 heteroatoms. The van der Waals surface area contributed by atoms with Gasteiger partial charge in [-0.3, -0.25) is 0 Å². The Morgan fingerprint density at radius 2 is 1.78 bits per heavy atom. The first-order chi connectivity index (χ1) is 8.63. The van der Waals surface area contributed by atoms with Crippen LogP contribution in [0.3, 0.4) is 0 Å². The summed E-state index contributed by atoms with van der Waals surface area (Å²) >= 11 is 0. The van der Waals surface area contributed by atoms with E-state index in [1.54, 1.807) is 25.1 Å². The van der Waals surface area contributed by atoms with Crippen LogP contribution in [0.15, 0.2) is 42.5 Å². The number of aliphatic hydroxyl groups excluding tert-OH is 1. The van der Waals surface area contributed by atoms with Crippen LogP contribution in [0.4, 0.5) is 4.39 Å². The minimum Gasteiger partial charge on any atom is -0.384 e. The normalized spacial score (nSPS) is 12.4. The Balaban J connectivity index is 2.35. The third kappa shape index (κ3) is 2.44. The Kier molecular flexibility index (Phi) is 3.78. The molecular weight excluding hydrogens is 227 g/mol. The zero-order valence-corrected chi connectivity index (χ0v) is 10.7. The first kappa shape index (κ1) is 12.8. The lowest BCUT2D eigenvalue weighted by atomic mass is 9.98. The van der Waals surface area contributed by atoms with E-state index in [-0.39, 0.29) is 5.82 Å². The van der Waals surface area contributed by atoms with Gasteiger partial charge in [0.1, 0.15) is 11.9 Å². The lowest BCUT2D eigenvalue weighted by Gasteiger charge is -2.14. The fraction of sp³-hybridized carbons (Fsp3) is 0.250. The summed E-state index contributed by atoms with van der Waals surface area (Å²) in [6, 6.07) is 12.7. The second-order valence-corrected chi connectivity index (χ2v) is 4.48. The van der Waals surface area contributed by atoms with Crippen molar-refractivity contribution in [3.8, 4) is 0 Å². The molecule has 0 radical (unpaired) electrons. The number of benzene rings is 2. The zero-order chi connectivity index (χ0) is 13.1. The average Bonchev–Trinajstić information content (AvgIpc) is 2.41. The quantitative estimate of drug-likeness (QED) is 0.871. The Morgan fingerprint density at radius 3 is 2.39 bits per heavy atom. The zero-order valence-electron chi connectivity index (χ0n) is 10.7. The monoisotopic (exact) mass is 244 g/mol. The van der Waals surface area contributed by atoms with E-state index in [1.165, 1.54) is 5.56 Å². The summed E-state index contributed by atoms with van der Waals surface area (Å²) in [5.74, 6) is -0.329. The van der Waals surface area contributed by atoms with Crippen molar-refractivity contribution in [1.29, 1.82) is 0 Å². The molecule has 0 saturated heterocycles. The molecule has 0 aliphatic carbocycles. The average molecular weight is 244 g/mol. The molecule has 0 aromatic heterocycles. The van der Waals surface area contributed by atoms with Gasteiger partial charge in [0.25, 0.3) is 0 Å². The number of hydrogen-bond acceptors (Lipinski definition) is 1. The number of aryl methyl sites for hydroxylation is 2. The highest BCUT2D eigenvalue weighted by Crippen LogP contribution is 2.26. The van der Waals surface area contributed by atoms with E-state index in [0.717, 1.165) is 12.0 Å². The molecule has 0 fully saturated rings. The smallest absolute Gasteiger partial charge is 0.132 e. The van der Waals surface area contributed by atoms with Crippen molar-refractivity contribution in [2.45, 2.75) is 26.4 Å². The molecule has 2 rings (SSSR count). The van der Waals surface area contributed by atoms with Gasteiger partial charge in [0, 0.05) is 5.56 Å². The summed E-state index contributed by atoms with van der Waals surface area (Å²) in [7, 11) is 0. The summed E-state index contributed by atoms with van der Waals surface area (Å²) in [5.41, 5.74) is 2.81. The molecule has 2 aromatic rings. The first-order valence-corrected chi connectivity index (χ1v) is 6.15. The van der Waals surface area contributed by atoms with Gasteiger partial charge >= 0.3 is 0 Å². The maximum Gasteiger partial charge on any atom is 0.132 e. The molecule has 2 aromatic carbocycles. The summed E-state index contributed by atoms with van der Waals surface area (Å²) < 4.78 is 13.9. The molecule has 1 atom stereocenters. The van der Waals surface area contributed by atoms with Crippen molar-refractivity contribution in [1.82, 2.24) is 0 Å². The van der Waals surface area contributed by atoms with Gasteiger partial charge in [-0.1, -0.05) is 49.4 Å². The molecule has 0 spiro atoms. The maximum absolute atomic E-state index is 13.9. The lowest BCUT2D eigenvalue weighted by Crippen LogP contribution is -2.03. The molecule has 94 valence electrons. The fourth-order valence-corrected chi connectivity index (χ4v) is 2.00. The van der Waals surface area contributed by atoms with Gasteiger partial charge in [0.2, 0.25) is 0 Å². The van der Waals surface area contributed by atoms with Gasteiger partial charge < -0.3 is 5.11 Å². The van der Waals surface area contributed by atoms with Gasteiger partial charge in [-0.25, -0.2) is 4.39 Å². The van der Waals surface area contributed by atoms with Gasteiger partial charge in [-0.15, -0.1) is 0 Å². The predicted octanol–water partition coefficient (Wildman–Crippen LogP) is 3.78. The minimum absolute atomic E-state index is 0.329. The van der Waals surface area contributed by atoms with Crippen LogP contribution < -0.4 is 0 Å². The van der Waals surface area contributed by atoms with E-state index in [9.17, 15) is 9.50 Å². The van der Waals surface area contributed by atoms with E-state index < -0.39 is 6.10 Å². The Bertz CT molecular complexity index is 531. The molecule has 0 heterocycles. The van der Waals surface area contributed by atoms with Crippen molar-refractivity contribution in [3.05, 3.63) is 70.5 Å². The highest BCUT2D eigenvalue weighted by atomic mass is 19.1. The van der Waals surface area contributed by atoms with Gasteiger partial charge in [-0.2, -0.15) is 0 Å². The van der Waals surface area contributed by atoms with Crippen LogP contribution in [0.1, 0.15) is 35.3 Å². The summed E-state index contributed by atoms with van der Waals surface area (Å²) in [6.45, 7) is 3.78. The van der Waals surface area contributed by atoms with Crippen LogP contribution in [-0.2, 0) is 6.42 Å². The van der Waals surface area contributed by atoms with E-state index in [1.807, 2.05) is 24.3 Å². The molecule has 0 bridgehead atoms. The summed E-state index contributed by atoms with van der Waals surface area (Å²) in [6.07, 6.45) is 0.0469. The summed E-state index contributed by atoms with van der Waals surface area (Å²) in [5, 5.41) is 10.2. The predicted molar refractivity (Wildman–Crippen MR) is 71.0 cm³/mol. The van der Waals surface area contributed by atoms with E-state index in [0.29, 0.717) is 11.1 Å². The second kappa shape index (κ2) is 5.32. The number of aliphatic hydroxyl groups is 1. The van der Waals surface area contributed by atoms with Crippen LogP contribution in [0, 0.1) is 12.7 Å². The van der Waals surface area contributed by atoms with E-state index in [2.05, 4.69) is 6.92 Å². The van der Waals surface area contributed by atoms with E-state index >= 15 is 0 Å². The van der Waals surface area contributed by atoms with Crippen LogP contribution in [0.25, 0.3) is 0 Å². The van der Waals surface area contributed by atoms with Crippen molar-refractivity contribution in [3.63, 3.8) is 0 Å². The van der Waals surface area contributed by atoms with Crippen molar-refractivity contribution in [2.24, 2.45) is 0 Å². The molecular formula is C16H17FO. The Labute approximate surface area is 107 Å². The van der Waals surface area contributed by atoms with Crippen LogP contribution in [0.5, 0.6) is 0 Å². The molecule has 0 aliphatic heterocycles. The van der Waals surface area contributed by atoms with Crippen LogP contribution in [-0.4, -0.2) is 5.11 Å². The second-order valence-electron chi connectivity index (χ2n) is 4.48. The van der Waals surface area contributed by atoms with Gasteiger partial charge in [-0.05, 0) is 30.0 Å². The Hall–Kier alpha value is -1.67. The highest BCUT2D eigenvalue weighted by molar-refractivity contribution is 5.34. The minimum atomic E-state index is -0.907. The van der Waals surface area contributed by atoms with Crippen LogP contribution >= 0.6 is 0 Å². The van der Waals surface area contributed by atoms with Gasteiger partial charge in [0.05, 0.1) is 0 Å². The Morgan fingerprint density at radius 1 is 1.11 bits per heavy atom. The topological polar surface area (TPSA) is 20.2 Å². The molecule has 0 aliphatic rings. The third-order valence-electron chi connectivity index (χ3n) is 3.22. The van der Waals surface area contributed by atoms with Crippen molar-refractivity contribution < 1.29 is 9.50 Å². The van der Waals surface area contributed by atoms with Gasteiger partial charge in [0.15, 0.2) is 0 Å². The lowest BCUT2D eigenvalue weighted by molar-refractivity contribution is 0.214. The standard InChI is InChI=1S/C16H17FO/c1-3-12-7-9-13(10-8-12)16(18)14-6-4-5-11(2)15(14)17/h4-10,16,18H,3H2,1-2H3. The molecule has 0 saturated carbocycles. The summed E-state index contributed by atoms with van der Waals surface area (Å²) in [4.78, 5) is 0. The largest absolute Gasteiger partial charge is 0.384 e. The molecule has 0 amide bonds. The van der Waals surface area contributed by atoms with E-state index in [4.69, 9.17) is 0 Å². The van der Waals surface area contributed by atoms with Crippen molar-refractivity contribution >= 4 is 0 Å². The molecule has 18 heavy (non-hydrogen) atoms. The fourth-order valence-electron chi connectivity index (χ4n) is 2.00. The molecule has 1 unspecified atom stereocenters. The molecule has 1 N–H and O–H groups in total.